The number of para-hydroxylation sites is 1. The lowest BCUT2D eigenvalue weighted by atomic mass is 9.84. The minimum absolute atomic E-state index is 0.0477. The third-order valence-electron chi connectivity index (χ3n) is 3.66. The van der Waals surface area contributed by atoms with Crippen LogP contribution in [-0.4, -0.2) is 11.6 Å². The van der Waals surface area contributed by atoms with E-state index in [1.807, 2.05) is 12.1 Å². The van der Waals surface area contributed by atoms with Crippen molar-refractivity contribution in [3.63, 3.8) is 0 Å². The standard InChI is InChI=1S/C15H19NO2/c16-13-7-3-2-6-12(13)15(18)10-9-11-5-1-4-8-14(11)17/h2-3,6-7,11H,1,4-5,8-10,16H2. The normalized spacial score (nSPS) is 19.8. The van der Waals surface area contributed by atoms with Crippen molar-refractivity contribution in [3.8, 4) is 0 Å². The molecule has 1 atom stereocenters. The molecular weight excluding hydrogens is 226 g/mol. The molecule has 1 unspecified atom stereocenters. The topological polar surface area (TPSA) is 60.2 Å². The Morgan fingerprint density at radius 1 is 1.28 bits per heavy atom. The van der Waals surface area contributed by atoms with E-state index in [-0.39, 0.29) is 11.7 Å². The Labute approximate surface area is 107 Å². The summed E-state index contributed by atoms with van der Waals surface area (Å²) in [7, 11) is 0. The van der Waals surface area contributed by atoms with Crippen LogP contribution in [-0.2, 0) is 4.79 Å². The van der Waals surface area contributed by atoms with Crippen LogP contribution < -0.4 is 5.73 Å². The van der Waals surface area contributed by atoms with Crippen molar-refractivity contribution in [3.05, 3.63) is 29.8 Å². The number of carbonyl (C=O) groups excluding carboxylic acids is 2. The van der Waals surface area contributed by atoms with Crippen LogP contribution in [0.25, 0.3) is 0 Å². The summed E-state index contributed by atoms with van der Waals surface area (Å²) in [5.74, 6) is 0.467. The Bertz CT molecular complexity index is 454. The Balaban J connectivity index is 1.92. The van der Waals surface area contributed by atoms with Gasteiger partial charge in [0.05, 0.1) is 0 Å². The number of ketones is 2. The number of hydrogen-bond acceptors (Lipinski definition) is 3. The van der Waals surface area contributed by atoms with Crippen molar-refractivity contribution in [1.29, 1.82) is 0 Å². The number of nitrogen functional groups attached to an aromatic ring is 1. The molecule has 1 aromatic carbocycles. The van der Waals surface area contributed by atoms with Gasteiger partial charge in [-0.3, -0.25) is 9.59 Å². The SMILES string of the molecule is Nc1ccccc1C(=O)CCC1CCCCC1=O. The molecule has 0 radical (unpaired) electrons. The summed E-state index contributed by atoms with van der Waals surface area (Å²) >= 11 is 0. The summed E-state index contributed by atoms with van der Waals surface area (Å²) < 4.78 is 0. The third kappa shape index (κ3) is 2.97. The van der Waals surface area contributed by atoms with E-state index in [2.05, 4.69) is 0 Å². The maximum Gasteiger partial charge on any atom is 0.164 e. The summed E-state index contributed by atoms with van der Waals surface area (Å²) in [6.07, 6.45) is 4.84. The lowest BCUT2D eigenvalue weighted by Crippen LogP contribution is -2.20. The van der Waals surface area contributed by atoms with Crippen molar-refractivity contribution in [2.24, 2.45) is 5.92 Å². The fraction of sp³-hybridized carbons (Fsp3) is 0.467. The summed E-state index contributed by atoms with van der Waals surface area (Å²) in [5.41, 5.74) is 6.88. The van der Waals surface area contributed by atoms with E-state index in [1.165, 1.54) is 0 Å². The van der Waals surface area contributed by atoms with Crippen molar-refractivity contribution in [1.82, 2.24) is 0 Å². The van der Waals surface area contributed by atoms with E-state index in [0.29, 0.717) is 36.3 Å². The molecule has 96 valence electrons. The predicted molar refractivity (Wildman–Crippen MR) is 71.4 cm³/mol. The molecule has 0 aliphatic heterocycles. The van der Waals surface area contributed by atoms with Gasteiger partial charge in [0.2, 0.25) is 0 Å². The van der Waals surface area contributed by atoms with Crippen molar-refractivity contribution < 1.29 is 9.59 Å². The van der Waals surface area contributed by atoms with Gasteiger partial charge in [0.25, 0.3) is 0 Å². The second-order valence-electron chi connectivity index (χ2n) is 4.96. The quantitative estimate of drug-likeness (QED) is 0.655. The highest BCUT2D eigenvalue weighted by atomic mass is 16.1. The number of benzene rings is 1. The van der Waals surface area contributed by atoms with Gasteiger partial charge >= 0.3 is 0 Å². The average Bonchev–Trinajstić information content (AvgIpc) is 2.38. The Morgan fingerprint density at radius 3 is 2.78 bits per heavy atom. The lowest BCUT2D eigenvalue weighted by molar-refractivity contribution is -0.124. The fourth-order valence-electron chi connectivity index (χ4n) is 2.55. The molecule has 2 N–H and O–H groups in total. The summed E-state index contributed by atoms with van der Waals surface area (Å²) in [4.78, 5) is 23.7. The highest BCUT2D eigenvalue weighted by Gasteiger charge is 2.23. The first kappa shape index (κ1) is 12.8. The maximum atomic E-state index is 12.0. The van der Waals surface area contributed by atoms with E-state index in [9.17, 15) is 9.59 Å². The smallest absolute Gasteiger partial charge is 0.164 e. The van der Waals surface area contributed by atoms with Crippen LogP contribution in [0.1, 0.15) is 48.9 Å². The minimum Gasteiger partial charge on any atom is -0.398 e. The number of nitrogens with two attached hydrogens (primary N) is 1. The zero-order chi connectivity index (χ0) is 13.0. The Morgan fingerprint density at radius 2 is 2.06 bits per heavy atom. The van der Waals surface area contributed by atoms with Gasteiger partial charge in [0.15, 0.2) is 5.78 Å². The molecule has 0 spiro atoms. The molecular formula is C15H19NO2. The Hall–Kier alpha value is -1.64. The van der Waals surface area contributed by atoms with E-state index in [0.717, 1.165) is 19.3 Å². The van der Waals surface area contributed by atoms with E-state index < -0.39 is 0 Å². The average molecular weight is 245 g/mol. The number of anilines is 1. The molecule has 1 aliphatic rings. The summed E-state index contributed by atoms with van der Waals surface area (Å²) in [6.45, 7) is 0. The number of Topliss-reactive ketones (excluding diaryl/α,β-unsaturated/α-hetero) is 2. The molecule has 1 aliphatic carbocycles. The molecule has 1 saturated carbocycles. The second-order valence-corrected chi connectivity index (χ2v) is 4.96. The van der Waals surface area contributed by atoms with E-state index in [4.69, 9.17) is 5.73 Å². The molecule has 0 saturated heterocycles. The van der Waals surface area contributed by atoms with Crippen LogP contribution in [0.2, 0.25) is 0 Å². The van der Waals surface area contributed by atoms with Gasteiger partial charge in [-0.05, 0) is 31.4 Å². The molecule has 2 rings (SSSR count). The first-order valence-electron chi connectivity index (χ1n) is 6.59. The van der Waals surface area contributed by atoms with Gasteiger partial charge in [0.1, 0.15) is 5.78 Å². The zero-order valence-corrected chi connectivity index (χ0v) is 10.5. The predicted octanol–water partition coefficient (Wildman–Crippen LogP) is 2.99. The van der Waals surface area contributed by atoms with Crippen molar-refractivity contribution in [2.45, 2.75) is 38.5 Å². The van der Waals surface area contributed by atoms with Gasteiger partial charge in [-0.15, -0.1) is 0 Å². The van der Waals surface area contributed by atoms with Crippen LogP contribution in [0.15, 0.2) is 24.3 Å². The maximum absolute atomic E-state index is 12.0. The van der Waals surface area contributed by atoms with Crippen LogP contribution >= 0.6 is 0 Å². The summed E-state index contributed by atoms with van der Waals surface area (Å²) in [5, 5.41) is 0. The first-order valence-corrected chi connectivity index (χ1v) is 6.59. The number of rotatable bonds is 4. The fourth-order valence-corrected chi connectivity index (χ4v) is 2.55. The van der Waals surface area contributed by atoms with Crippen LogP contribution in [0.4, 0.5) is 5.69 Å². The molecule has 0 bridgehead atoms. The zero-order valence-electron chi connectivity index (χ0n) is 10.5. The highest BCUT2D eigenvalue weighted by molar-refractivity contribution is 6.00. The Kier molecular flexibility index (Phi) is 4.13. The van der Waals surface area contributed by atoms with E-state index >= 15 is 0 Å². The molecule has 3 heteroatoms. The highest BCUT2D eigenvalue weighted by Crippen LogP contribution is 2.25. The first-order chi connectivity index (χ1) is 8.68. The van der Waals surface area contributed by atoms with E-state index in [1.54, 1.807) is 12.1 Å². The van der Waals surface area contributed by atoms with Gasteiger partial charge in [-0.1, -0.05) is 18.6 Å². The largest absolute Gasteiger partial charge is 0.398 e. The van der Waals surface area contributed by atoms with Crippen LogP contribution in [0, 0.1) is 5.92 Å². The number of hydrogen-bond donors (Lipinski definition) is 1. The van der Waals surface area contributed by atoms with Crippen LogP contribution in [0.3, 0.4) is 0 Å². The lowest BCUT2D eigenvalue weighted by Gasteiger charge is -2.19. The van der Waals surface area contributed by atoms with Gasteiger partial charge in [-0.2, -0.15) is 0 Å². The molecule has 1 fully saturated rings. The van der Waals surface area contributed by atoms with Gasteiger partial charge < -0.3 is 5.73 Å². The van der Waals surface area contributed by atoms with Crippen LogP contribution in [0.5, 0.6) is 0 Å². The second kappa shape index (κ2) is 5.80. The molecule has 0 amide bonds. The minimum atomic E-state index is 0.0477. The molecule has 0 aromatic heterocycles. The summed E-state index contributed by atoms with van der Waals surface area (Å²) in [6, 6.07) is 7.12. The monoisotopic (exact) mass is 245 g/mol. The third-order valence-corrected chi connectivity index (χ3v) is 3.66. The number of carbonyl (C=O) groups is 2. The van der Waals surface area contributed by atoms with Crippen molar-refractivity contribution >= 4 is 17.3 Å². The molecule has 18 heavy (non-hydrogen) atoms. The molecule has 1 aromatic rings. The van der Waals surface area contributed by atoms with Gasteiger partial charge in [0, 0.05) is 30.0 Å². The van der Waals surface area contributed by atoms with Gasteiger partial charge in [-0.25, -0.2) is 0 Å². The molecule has 3 nitrogen and oxygen atoms in total. The molecule has 0 heterocycles. The van der Waals surface area contributed by atoms with Crippen molar-refractivity contribution in [2.75, 3.05) is 5.73 Å².